The Morgan fingerprint density at radius 2 is 1.81 bits per heavy atom. The third-order valence-corrected chi connectivity index (χ3v) is 6.54. The minimum absolute atomic E-state index is 0.0292. The number of imidazole rings is 1. The van der Waals surface area contributed by atoms with E-state index in [4.69, 9.17) is 4.98 Å². The number of aromatic nitrogens is 4. The van der Waals surface area contributed by atoms with Crippen LogP contribution in [0, 0.1) is 13.8 Å². The molecule has 164 valence electrons. The first-order valence-electron chi connectivity index (χ1n) is 11.4. The highest BCUT2D eigenvalue weighted by Gasteiger charge is 2.36. The molecule has 1 saturated heterocycles. The predicted octanol–water partition coefficient (Wildman–Crippen LogP) is 5.40. The van der Waals surface area contributed by atoms with Crippen molar-refractivity contribution in [3.63, 3.8) is 0 Å². The van der Waals surface area contributed by atoms with Crippen molar-refractivity contribution < 1.29 is 4.79 Å². The number of hydrogen-bond donors (Lipinski definition) is 0. The molecular formula is C26H29N5O. The van der Waals surface area contributed by atoms with Crippen molar-refractivity contribution >= 4 is 16.9 Å². The second kappa shape index (κ2) is 7.93. The molecule has 1 aliphatic rings. The molecule has 0 saturated carbocycles. The third-order valence-electron chi connectivity index (χ3n) is 6.54. The minimum Gasteiger partial charge on any atom is -0.328 e. The van der Waals surface area contributed by atoms with Gasteiger partial charge in [0.2, 0.25) is 0 Å². The fourth-order valence-corrected chi connectivity index (χ4v) is 4.94. The van der Waals surface area contributed by atoms with Crippen LogP contribution < -0.4 is 0 Å². The van der Waals surface area contributed by atoms with E-state index >= 15 is 0 Å². The van der Waals surface area contributed by atoms with Crippen LogP contribution in [-0.4, -0.2) is 36.7 Å². The van der Waals surface area contributed by atoms with E-state index in [0.29, 0.717) is 5.56 Å². The van der Waals surface area contributed by atoms with Crippen LogP contribution in [0.3, 0.4) is 0 Å². The van der Waals surface area contributed by atoms with Gasteiger partial charge in [0, 0.05) is 12.6 Å². The maximum absolute atomic E-state index is 13.7. The molecule has 1 amide bonds. The van der Waals surface area contributed by atoms with Crippen molar-refractivity contribution in [2.24, 2.45) is 0 Å². The molecule has 1 fully saturated rings. The number of hydrogen-bond acceptors (Lipinski definition) is 3. The number of amides is 1. The van der Waals surface area contributed by atoms with E-state index in [9.17, 15) is 4.79 Å². The van der Waals surface area contributed by atoms with Crippen molar-refractivity contribution in [3.05, 3.63) is 77.4 Å². The van der Waals surface area contributed by atoms with Crippen molar-refractivity contribution in [2.45, 2.75) is 52.6 Å². The lowest BCUT2D eigenvalue weighted by molar-refractivity contribution is 0.0726. The highest BCUT2D eigenvalue weighted by molar-refractivity contribution is 5.95. The van der Waals surface area contributed by atoms with Gasteiger partial charge in [-0.05, 0) is 64.3 Å². The number of carbonyl (C=O) groups is 1. The number of benzene rings is 2. The Balaban J connectivity index is 1.53. The smallest absolute Gasteiger partial charge is 0.257 e. The Labute approximate surface area is 188 Å². The molecule has 1 aliphatic heterocycles. The Morgan fingerprint density at radius 1 is 1.06 bits per heavy atom. The zero-order chi connectivity index (χ0) is 22.4. The van der Waals surface area contributed by atoms with E-state index in [1.807, 2.05) is 46.8 Å². The molecule has 0 N–H and O–H groups in total. The minimum atomic E-state index is -0.0292. The standard InChI is InChI=1S/C26H29N5O/c1-17(2)30-23-13-8-6-11-21(23)28-25(30)24-14-9-15-29(24)26(32)20-16-27-31(19(20)4)22-12-7-5-10-18(22)3/h5-8,10-13,16-17,24H,9,14-15H2,1-4H3. The summed E-state index contributed by atoms with van der Waals surface area (Å²) in [5.74, 6) is 1.02. The first-order chi connectivity index (χ1) is 15.5. The van der Waals surface area contributed by atoms with Gasteiger partial charge in [-0.25, -0.2) is 9.67 Å². The molecule has 5 rings (SSSR count). The van der Waals surface area contributed by atoms with Gasteiger partial charge in [-0.1, -0.05) is 30.3 Å². The number of para-hydroxylation sites is 3. The summed E-state index contributed by atoms with van der Waals surface area (Å²) in [4.78, 5) is 20.7. The van der Waals surface area contributed by atoms with Crippen molar-refractivity contribution in [3.8, 4) is 5.69 Å². The molecule has 0 spiro atoms. The molecule has 4 aromatic rings. The molecule has 32 heavy (non-hydrogen) atoms. The molecule has 0 radical (unpaired) electrons. The van der Waals surface area contributed by atoms with Crippen molar-refractivity contribution in [2.75, 3.05) is 6.54 Å². The predicted molar refractivity (Wildman–Crippen MR) is 126 cm³/mol. The molecule has 0 aliphatic carbocycles. The fourth-order valence-electron chi connectivity index (χ4n) is 4.94. The lowest BCUT2D eigenvalue weighted by Crippen LogP contribution is -2.32. The van der Waals surface area contributed by atoms with E-state index in [0.717, 1.165) is 53.2 Å². The summed E-state index contributed by atoms with van der Waals surface area (Å²) in [6, 6.07) is 16.6. The van der Waals surface area contributed by atoms with Crippen LogP contribution in [0.15, 0.2) is 54.7 Å². The van der Waals surface area contributed by atoms with Crippen LogP contribution in [0.1, 0.15) is 66.2 Å². The van der Waals surface area contributed by atoms with Gasteiger partial charge in [-0.2, -0.15) is 5.10 Å². The summed E-state index contributed by atoms with van der Waals surface area (Å²) < 4.78 is 4.16. The summed E-state index contributed by atoms with van der Waals surface area (Å²) in [7, 11) is 0. The molecule has 3 heterocycles. The van der Waals surface area contributed by atoms with E-state index in [1.165, 1.54) is 0 Å². The summed E-state index contributed by atoms with van der Waals surface area (Å²) in [6.07, 6.45) is 3.61. The van der Waals surface area contributed by atoms with E-state index in [-0.39, 0.29) is 18.0 Å². The molecule has 1 atom stereocenters. The van der Waals surface area contributed by atoms with Crippen LogP contribution in [0.5, 0.6) is 0 Å². The topological polar surface area (TPSA) is 56.0 Å². The van der Waals surface area contributed by atoms with Gasteiger partial charge in [-0.15, -0.1) is 0 Å². The van der Waals surface area contributed by atoms with Crippen LogP contribution in [-0.2, 0) is 0 Å². The monoisotopic (exact) mass is 427 g/mol. The summed E-state index contributed by atoms with van der Waals surface area (Å²) in [5.41, 5.74) is 5.77. The van der Waals surface area contributed by atoms with Gasteiger partial charge >= 0.3 is 0 Å². The van der Waals surface area contributed by atoms with Crippen LogP contribution in [0.25, 0.3) is 16.7 Å². The molecule has 2 aromatic carbocycles. The van der Waals surface area contributed by atoms with Gasteiger partial charge < -0.3 is 9.47 Å². The van der Waals surface area contributed by atoms with Crippen molar-refractivity contribution in [1.29, 1.82) is 0 Å². The second-order valence-corrected chi connectivity index (χ2v) is 8.92. The number of nitrogens with zero attached hydrogens (tertiary/aromatic N) is 5. The molecule has 6 nitrogen and oxygen atoms in total. The zero-order valence-corrected chi connectivity index (χ0v) is 19.1. The lowest BCUT2D eigenvalue weighted by atomic mass is 10.1. The van der Waals surface area contributed by atoms with Crippen LogP contribution >= 0.6 is 0 Å². The molecule has 0 bridgehead atoms. The average Bonchev–Trinajstić information content (AvgIpc) is 3.50. The lowest BCUT2D eigenvalue weighted by Gasteiger charge is -2.26. The van der Waals surface area contributed by atoms with Gasteiger partial charge in [0.25, 0.3) is 5.91 Å². The number of likely N-dealkylation sites (tertiary alicyclic amines) is 1. The SMILES string of the molecule is Cc1ccccc1-n1ncc(C(=O)N2CCCC2c2nc3ccccc3n2C(C)C)c1C. The van der Waals surface area contributed by atoms with Gasteiger partial charge in [-0.3, -0.25) is 4.79 Å². The van der Waals surface area contributed by atoms with Crippen LogP contribution in [0.2, 0.25) is 0 Å². The molecule has 6 heteroatoms. The van der Waals surface area contributed by atoms with Gasteiger partial charge in [0.1, 0.15) is 5.82 Å². The van der Waals surface area contributed by atoms with E-state index < -0.39 is 0 Å². The Bertz CT molecular complexity index is 1300. The highest BCUT2D eigenvalue weighted by atomic mass is 16.2. The van der Waals surface area contributed by atoms with E-state index in [1.54, 1.807) is 6.20 Å². The van der Waals surface area contributed by atoms with Gasteiger partial charge in [0.15, 0.2) is 0 Å². The normalized spacial score (nSPS) is 16.4. The summed E-state index contributed by atoms with van der Waals surface area (Å²) in [5, 5.41) is 4.57. The maximum Gasteiger partial charge on any atom is 0.257 e. The Hall–Kier alpha value is -3.41. The largest absolute Gasteiger partial charge is 0.328 e. The fraction of sp³-hybridized carbons (Fsp3) is 0.346. The molecule has 1 unspecified atom stereocenters. The Kier molecular flexibility index (Phi) is 5.08. The average molecular weight is 428 g/mol. The number of rotatable bonds is 4. The Morgan fingerprint density at radius 3 is 2.59 bits per heavy atom. The summed E-state index contributed by atoms with van der Waals surface area (Å²) >= 11 is 0. The number of aryl methyl sites for hydroxylation is 1. The molecule has 2 aromatic heterocycles. The highest BCUT2D eigenvalue weighted by Crippen LogP contribution is 2.36. The maximum atomic E-state index is 13.7. The number of fused-ring (bicyclic) bond motifs is 1. The third kappa shape index (κ3) is 3.22. The summed E-state index contributed by atoms with van der Waals surface area (Å²) in [6.45, 7) is 9.12. The van der Waals surface area contributed by atoms with Crippen molar-refractivity contribution in [1.82, 2.24) is 24.2 Å². The second-order valence-electron chi connectivity index (χ2n) is 8.92. The first-order valence-corrected chi connectivity index (χ1v) is 11.4. The zero-order valence-electron chi connectivity index (χ0n) is 19.1. The molecular weight excluding hydrogens is 398 g/mol. The quantitative estimate of drug-likeness (QED) is 0.438. The van der Waals surface area contributed by atoms with E-state index in [2.05, 4.69) is 48.6 Å². The number of carbonyl (C=O) groups excluding carboxylic acids is 1. The first kappa shape index (κ1) is 20.5. The van der Waals surface area contributed by atoms with Gasteiger partial charge in [0.05, 0.1) is 40.2 Å². The van der Waals surface area contributed by atoms with Crippen LogP contribution in [0.4, 0.5) is 0 Å².